The zero-order chi connectivity index (χ0) is 15.7. The first-order chi connectivity index (χ1) is 10.5. The second-order valence-corrected chi connectivity index (χ2v) is 5.57. The minimum Gasteiger partial charge on any atom is -0.465 e. The van der Waals surface area contributed by atoms with Gasteiger partial charge < -0.3 is 9.40 Å². The number of furan rings is 1. The zero-order valence-corrected chi connectivity index (χ0v) is 13.0. The molecule has 1 aromatic carbocycles. The maximum Gasteiger partial charge on any atom is 0.258 e. The standard InChI is InChI=1S/C17H19N3O2/c1-11-8-9-13(22-11)10-20(3)12(2)16-18-15-7-5-4-6-14(15)17(21)19-16/h4-9,12H,10H2,1-3H3,(H,18,19,21)/t12-/m1/s1. The summed E-state index contributed by atoms with van der Waals surface area (Å²) >= 11 is 0. The molecule has 3 aromatic rings. The van der Waals surface area contributed by atoms with Crippen molar-refractivity contribution in [3.05, 3.63) is 64.1 Å². The van der Waals surface area contributed by atoms with Crippen molar-refractivity contribution < 1.29 is 4.42 Å². The van der Waals surface area contributed by atoms with E-state index in [1.54, 1.807) is 6.07 Å². The molecule has 2 aromatic heterocycles. The Labute approximate surface area is 128 Å². The van der Waals surface area contributed by atoms with E-state index in [1.165, 1.54) is 0 Å². The molecule has 0 amide bonds. The highest BCUT2D eigenvalue weighted by atomic mass is 16.3. The number of H-pyrrole nitrogens is 1. The van der Waals surface area contributed by atoms with Gasteiger partial charge in [-0.2, -0.15) is 0 Å². The Hall–Kier alpha value is -2.40. The molecule has 1 atom stereocenters. The summed E-state index contributed by atoms with van der Waals surface area (Å²) in [5, 5.41) is 0.614. The number of benzene rings is 1. The second-order valence-electron chi connectivity index (χ2n) is 5.57. The number of fused-ring (bicyclic) bond motifs is 1. The number of nitrogens with zero attached hydrogens (tertiary/aromatic N) is 2. The van der Waals surface area contributed by atoms with Crippen LogP contribution in [0.2, 0.25) is 0 Å². The highest BCUT2D eigenvalue weighted by Crippen LogP contribution is 2.19. The van der Waals surface area contributed by atoms with Crippen LogP contribution in [0.4, 0.5) is 0 Å². The first-order valence-corrected chi connectivity index (χ1v) is 7.29. The van der Waals surface area contributed by atoms with E-state index < -0.39 is 0 Å². The number of nitrogens with one attached hydrogen (secondary N) is 1. The summed E-state index contributed by atoms with van der Waals surface area (Å²) in [6, 6.07) is 11.3. The Morgan fingerprint density at radius 2 is 2.05 bits per heavy atom. The average Bonchev–Trinajstić information content (AvgIpc) is 2.91. The van der Waals surface area contributed by atoms with Crippen LogP contribution in [0.25, 0.3) is 10.9 Å². The van der Waals surface area contributed by atoms with Crippen molar-refractivity contribution in [2.24, 2.45) is 0 Å². The Morgan fingerprint density at radius 1 is 1.27 bits per heavy atom. The molecule has 0 radical (unpaired) electrons. The van der Waals surface area contributed by atoms with Gasteiger partial charge in [0.05, 0.1) is 23.5 Å². The van der Waals surface area contributed by atoms with Crippen LogP contribution < -0.4 is 5.56 Å². The molecule has 0 fully saturated rings. The number of hydrogen-bond donors (Lipinski definition) is 1. The van der Waals surface area contributed by atoms with Crippen LogP contribution in [-0.2, 0) is 6.54 Å². The van der Waals surface area contributed by atoms with E-state index in [4.69, 9.17) is 4.42 Å². The Balaban J connectivity index is 1.88. The highest BCUT2D eigenvalue weighted by molar-refractivity contribution is 5.77. The van der Waals surface area contributed by atoms with E-state index in [-0.39, 0.29) is 11.6 Å². The van der Waals surface area contributed by atoms with Crippen LogP contribution in [0.15, 0.2) is 45.6 Å². The number of aromatic amines is 1. The fraction of sp³-hybridized carbons (Fsp3) is 0.294. The van der Waals surface area contributed by atoms with Crippen molar-refractivity contribution >= 4 is 10.9 Å². The third-order valence-electron chi connectivity index (χ3n) is 3.89. The maximum absolute atomic E-state index is 12.2. The monoisotopic (exact) mass is 297 g/mol. The van der Waals surface area contributed by atoms with E-state index in [0.29, 0.717) is 17.8 Å². The van der Waals surface area contributed by atoms with Crippen molar-refractivity contribution in [3.8, 4) is 0 Å². The summed E-state index contributed by atoms with van der Waals surface area (Å²) in [5.41, 5.74) is 0.616. The Kier molecular flexibility index (Phi) is 3.81. The predicted octanol–water partition coefficient (Wildman–Crippen LogP) is 3.02. The first-order valence-electron chi connectivity index (χ1n) is 7.29. The van der Waals surface area contributed by atoms with Crippen LogP contribution in [0.1, 0.15) is 30.3 Å². The molecule has 0 aliphatic carbocycles. The molecule has 0 saturated carbocycles. The van der Waals surface area contributed by atoms with Crippen LogP contribution in [0.5, 0.6) is 0 Å². The van der Waals surface area contributed by atoms with E-state index in [0.717, 1.165) is 17.0 Å². The molecule has 0 bridgehead atoms. The largest absolute Gasteiger partial charge is 0.465 e. The van der Waals surface area contributed by atoms with Crippen LogP contribution in [-0.4, -0.2) is 21.9 Å². The molecule has 3 rings (SSSR count). The molecule has 22 heavy (non-hydrogen) atoms. The van der Waals surface area contributed by atoms with Gasteiger partial charge in [-0.1, -0.05) is 12.1 Å². The molecule has 0 unspecified atom stereocenters. The summed E-state index contributed by atoms with van der Waals surface area (Å²) in [6.07, 6.45) is 0. The molecule has 114 valence electrons. The van der Waals surface area contributed by atoms with E-state index >= 15 is 0 Å². The van der Waals surface area contributed by atoms with Crippen molar-refractivity contribution in [3.63, 3.8) is 0 Å². The predicted molar refractivity (Wildman–Crippen MR) is 85.7 cm³/mol. The molecule has 0 aliphatic rings. The fourth-order valence-electron chi connectivity index (χ4n) is 2.46. The quantitative estimate of drug-likeness (QED) is 0.804. The van der Waals surface area contributed by atoms with Crippen molar-refractivity contribution in [1.29, 1.82) is 0 Å². The lowest BCUT2D eigenvalue weighted by Gasteiger charge is -2.23. The number of para-hydroxylation sites is 1. The third-order valence-corrected chi connectivity index (χ3v) is 3.89. The van der Waals surface area contributed by atoms with Crippen LogP contribution in [0.3, 0.4) is 0 Å². The summed E-state index contributed by atoms with van der Waals surface area (Å²) in [5.74, 6) is 2.46. The lowest BCUT2D eigenvalue weighted by atomic mass is 10.2. The average molecular weight is 297 g/mol. The fourth-order valence-corrected chi connectivity index (χ4v) is 2.46. The van der Waals surface area contributed by atoms with Gasteiger partial charge in [0.1, 0.15) is 17.3 Å². The topological polar surface area (TPSA) is 62.1 Å². The van der Waals surface area contributed by atoms with Gasteiger partial charge in [-0.05, 0) is 45.2 Å². The minimum atomic E-state index is -0.102. The summed E-state index contributed by atoms with van der Waals surface area (Å²) in [4.78, 5) is 21.7. The lowest BCUT2D eigenvalue weighted by Crippen LogP contribution is -2.25. The molecule has 0 spiro atoms. The minimum absolute atomic E-state index is 0.0253. The normalized spacial score (nSPS) is 12.9. The van der Waals surface area contributed by atoms with Crippen molar-refractivity contribution in [2.45, 2.75) is 26.4 Å². The SMILES string of the molecule is Cc1ccc(CN(C)[C@H](C)c2nc3ccccc3c(=O)[nH]2)o1. The Bertz CT molecular complexity index is 850. The molecule has 5 nitrogen and oxygen atoms in total. The first kappa shape index (κ1) is 14.5. The number of hydrogen-bond acceptors (Lipinski definition) is 4. The molecule has 1 N–H and O–H groups in total. The van der Waals surface area contributed by atoms with Crippen molar-refractivity contribution in [1.82, 2.24) is 14.9 Å². The molecular weight excluding hydrogens is 278 g/mol. The third kappa shape index (κ3) is 2.80. The smallest absolute Gasteiger partial charge is 0.258 e. The highest BCUT2D eigenvalue weighted by Gasteiger charge is 2.16. The number of aromatic nitrogens is 2. The molecule has 2 heterocycles. The van der Waals surface area contributed by atoms with Gasteiger partial charge in [0, 0.05) is 0 Å². The van der Waals surface area contributed by atoms with Gasteiger partial charge in [0.15, 0.2) is 0 Å². The van der Waals surface area contributed by atoms with Gasteiger partial charge in [0.25, 0.3) is 5.56 Å². The van der Waals surface area contributed by atoms with Crippen molar-refractivity contribution in [2.75, 3.05) is 7.05 Å². The van der Waals surface area contributed by atoms with Gasteiger partial charge in [-0.3, -0.25) is 9.69 Å². The van der Waals surface area contributed by atoms with Gasteiger partial charge in [-0.25, -0.2) is 4.98 Å². The number of rotatable bonds is 4. The second kappa shape index (κ2) is 5.77. The van der Waals surface area contributed by atoms with E-state index in [1.807, 2.05) is 51.2 Å². The van der Waals surface area contributed by atoms with Gasteiger partial charge in [0.2, 0.25) is 0 Å². The van der Waals surface area contributed by atoms with Gasteiger partial charge >= 0.3 is 0 Å². The maximum atomic E-state index is 12.2. The molecule has 0 saturated heterocycles. The summed E-state index contributed by atoms with van der Waals surface area (Å²) < 4.78 is 5.60. The van der Waals surface area contributed by atoms with Crippen LogP contribution in [0, 0.1) is 6.92 Å². The summed E-state index contributed by atoms with van der Waals surface area (Å²) in [6.45, 7) is 4.60. The zero-order valence-electron chi connectivity index (χ0n) is 13.0. The molecular formula is C17H19N3O2. The molecule has 5 heteroatoms. The number of aryl methyl sites for hydroxylation is 1. The van der Waals surface area contributed by atoms with E-state index in [2.05, 4.69) is 14.9 Å². The molecule has 0 aliphatic heterocycles. The summed E-state index contributed by atoms with van der Waals surface area (Å²) in [7, 11) is 1.98. The Morgan fingerprint density at radius 3 is 2.77 bits per heavy atom. The van der Waals surface area contributed by atoms with E-state index in [9.17, 15) is 4.79 Å². The van der Waals surface area contributed by atoms with Crippen LogP contribution >= 0.6 is 0 Å². The van der Waals surface area contributed by atoms with Gasteiger partial charge in [-0.15, -0.1) is 0 Å². The lowest BCUT2D eigenvalue weighted by molar-refractivity contribution is 0.223.